The topological polar surface area (TPSA) is 84.3 Å². The summed E-state index contributed by atoms with van der Waals surface area (Å²) in [6.45, 7) is 0. The van der Waals surface area contributed by atoms with Crippen molar-refractivity contribution in [3.8, 4) is 0 Å². The fraction of sp³-hybridized carbons (Fsp3) is 0.222. The molecule has 12 heteroatoms. The lowest BCUT2D eigenvalue weighted by molar-refractivity contribution is -0.384. The zero-order chi connectivity index (χ0) is 16.4. The van der Waals surface area contributed by atoms with Crippen LogP contribution in [0.3, 0.4) is 0 Å². The molecule has 0 radical (unpaired) electrons. The van der Waals surface area contributed by atoms with Crippen molar-refractivity contribution >= 4 is 17.3 Å². The van der Waals surface area contributed by atoms with Crippen molar-refractivity contribution in [1.29, 1.82) is 0 Å². The van der Waals surface area contributed by atoms with E-state index >= 15 is 0 Å². The van der Waals surface area contributed by atoms with Crippen LogP contribution >= 0.6 is 0 Å². The molecule has 1 aromatic rings. The van der Waals surface area contributed by atoms with Crippen molar-refractivity contribution < 1.29 is 36.1 Å². The van der Waals surface area contributed by atoms with Gasteiger partial charge in [-0.2, -0.15) is 26.3 Å². The van der Waals surface area contributed by atoms with E-state index in [1.807, 2.05) is 0 Å². The lowest BCUT2D eigenvalue weighted by Gasteiger charge is -2.12. The number of alkyl halides is 6. The summed E-state index contributed by atoms with van der Waals surface area (Å²) in [5.74, 6) is -2.46. The van der Waals surface area contributed by atoms with Crippen LogP contribution in [0.5, 0.6) is 0 Å². The molecule has 1 aromatic carbocycles. The highest BCUT2D eigenvalue weighted by Crippen LogP contribution is 2.34. The summed E-state index contributed by atoms with van der Waals surface area (Å²) in [5, 5.41) is 10.6. The molecule has 0 saturated carbocycles. The van der Waals surface area contributed by atoms with E-state index in [9.17, 15) is 41.3 Å². The summed E-state index contributed by atoms with van der Waals surface area (Å²) in [6, 6.07) is 1.06. The predicted molar refractivity (Wildman–Crippen MR) is 55.9 cm³/mol. The number of carbonyl (C=O) groups is 1. The number of hydrogen-bond acceptors (Lipinski definition) is 4. The average Bonchev–Trinajstić information content (AvgIpc) is 2.33. The Bertz CT molecular complexity index is 569. The number of nitro benzene ring substituents is 1. The molecular formula is C9H5F6N3O3. The molecule has 0 aromatic heterocycles. The normalized spacial score (nSPS) is 11.9. The number of nitrogens with one attached hydrogen (secondary N) is 2. The van der Waals surface area contributed by atoms with Crippen LogP contribution in [-0.2, 0) is 11.0 Å². The number of hydrazine groups is 1. The van der Waals surface area contributed by atoms with Crippen molar-refractivity contribution in [2.24, 2.45) is 0 Å². The second-order valence-electron chi connectivity index (χ2n) is 3.56. The molecule has 116 valence electrons. The Morgan fingerprint density at radius 1 is 1.14 bits per heavy atom. The van der Waals surface area contributed by atoms with Crippen molar-refractivity contribution in [1.82, 2.24) is 5.43 Å². The minimum absolute atomic E-state index is 0.127. The quantitative estimate of drug-likeness (QED) is 0.510. The van der Waals surface area contributed by atoms with Crippen LogP contribution in [0.1, 0.15) is 5.56 Å². The van der Waals surface area contributed by atoms with Gasteiger partial charge in [-0.3, -0.25) is 25.8 Å². The molecule has 21 heavy (non-hydrogen) atoms. The van der Waals surface area contributed by atoms with Gasteiger partial charge in [0.15, 0.2) is 0 Å². The van der Waals surface area contributed by atoms with E-state index in [1.165, 1.54) is 0 Å². The Morgan fingerprint density at radius 3 is 2.14 bits per heavy atom. The molecule has 0 saturated heterocycles. The van der Waals surface area contributed by atoms with Gasteiger partial charge in [0.1, 0.15) is 5.69 Å². The fourth-order valence-electron chi connectivity index (χ4n) is 1.16. The van der Waals surface area contributed by atoms with Gasteiger partial charge in [0.25, 0.3) is 5.69 Å². The summed E-state index contributed by atoms with van der Waals surface area (Å²) < 4.78 is 72.8. The minimum atomic E-state index is -5.26. The number of nitro groups is 1. The van der Waals surface area contributed by atoms with E-state index in [0.717, 1.165) is 5.43 Å². The van der Waals surface area contributed by atoms with Gasteiger partial charge in [0.05, 0.1) is 10.5 Å². The van der Waals surface area contributed by atoms with Crippen molar-refractivity contribution in [3.63, 3.8) is 0 Å². The molecule has 0 heterocycles. The van der Waals surface area contributed by atoms with Crippen molar-refractivity contribution in [2.75, 3.05) is 5.43 Å². The molecule has 0 aliphatic heterocycles. The van der Waals surface area contributed by atoms with E-state index in [4.69, 9.17) is 0 Å². The number of carbonyl (C=O) groups excluding carboxylic acids is 1. The van der Waals surface area contributed by atoms with Crippen LogP contribution in [0.2, 0.25) is 0 Å². The van der Waals surface area contributed by atoms with Crippen LogP contribution in [0, 0.1) is 10.1 Å². The molecule has 0 aliphatic rings. The minimum Gasteiger partial charge on any atom is -0.292 e. The molecular weight excluding hydrogens is 312 g/mol. The second kappa shape index (κ2) is 5.46. The number of halogens is 6. The van der Waals surface area contributed by atoms with E-state index in [2.05, 4.69) is 0 Å². The first kappa shape index (κ1) is 16.5. The molecule has 0 unspecified atom stereocenters. The number of benzene rings is 1. The van der Waals surface area contributed by atoms with Gasteiger partial charge in [0, 0.05) is 6.07 Å². The SMILES string of the molecule is O=C(NNc1ccc(C(F)(F)F)cc1[N+](=O)[O-])C(F)(F)F. The second-order valence-corrected chi connectivity index (χ2v) is 3.56. The van der Waals surface area contributed by atoms with Crippen LogP contribution in [0.4, 0.5) is 37.7 Å². The third-order valence-corrected chi connectivity index (χ3v) is 2.09. The first-order valence-corrected chi connectivity index (χ1v) is 4.91. The molecule has 0 bridgehead atoms. The summed E-state index contributed by atoms with van der Waals surface area (Å²) in [6.07, 6.45) is -10.1. The number of nitrogens with zero attached hydrogens (tertiary/aromatic N) is 1. The Morgan fingerprint density at radius 2 is 1.71 bits per heavy atom. The van der Waals surface area contributed by atoms with Gasteiger partial charge in [-0.15, -0.1) is 0 Å². The first-order valence-electron chi connectivity index (χ1n) is 4.91. The Labute approximate surface area is 111 Å². The maximum atomic E-state index is 12.4. The largest absolute Gasteiger partial charge is 0.472 e. The van der Waals surface area contributed by atoms with E-state index in [1.54, 1.807) is 5.43 Å². The van der Waals surface area contributed by atoms with Crippen LogP contribution in [-0.4, -0.2) is 17.0 Å². The van der Waals surface area contributed by atoms with E-state index in [-0.39, 0.29) is 6.07 Å². The molecule has 0 spiro atoms. The number of rotatable bonds is 3. The Balaban J connectivity index is 3.03. The lowest BCUT2D eigenvalue weighted by Crippen LogP contribution is -2.40. The maximum Gasteiger partial charge on any atom is 0.472 e. The fourth-order valence-corrected chi connectivity index (χ4v) is 1.16. The van der Waals surface area contributed by atoms with E-state index < -0.39 is 40.1 Å². The zero-order valence-electron chi connectivity index (χ0n) is 9.67. The van der Waals surface area contributed by atoms with Crippen LogP contribution in [0.25, 0.3) is 0 Å². The average molecular weight is 317 g/mol. The first-order chi connectivity index (χ1) is 9.43. The maximum absolute atomic E-state index is 12.4. The molecule has 0 fully saturated rings. The highest BCUT2D eigenvalue weighted by Gasteiger charge is 2.39. The molecule has 2 N–H and O–H groups in total. The molecule has 0 atom stereocenters. The van der Waals surface area contributed by atoms with Gasteiger partial charge < -0.3 is 0 Å². The Hall–Kier alpha value is -2.53. The van der Waals surface area contributed by atoms with Crippen LogP contribution < -0.4 is 10.9 Å². The van der Waals surface area contributed by atoms with Crippen LogP contribution in [0.15, 0.2) is 18.2 Å². The highest BCUT2D eigenvalue weighted by molar-refractivity contribution is 5.83. The van der Waals surface area contributed by atoms with Gasteiger partial charge >= 0.3 is 18.3 Å². The Kier molecular flexibility index (Phi) is 4.29. The highest BCUT2D eigenvalue weighted by atomic mass is 19.4. The number of amides is 1. The summed E-state index contributed by atoms with van der Waals surface area (Å²) in [7, 11) is 0. The number of hydrogen-bond donors (Lipinski definition) is 2. The van der Waals surface area contributed by atoms with Crippen molar-refractivity contribution in [2.45, 2.75) is 12.4 Å². The monoisotopic (exact) mass is 317 g/mol. The molecule has 1 amide bonds. The van der Waals surface area contributed by atoms with Gasteiger partial charge in [-0.25, -0.2) is 0 Å². The van der Waals surface area contributed by atoms with E-state index in [0.29, 0.717) is 12.1 Å². The number of anilines is 1. The van der Waals surface area contributed by atoms with Crippen molar-refractivity contribution in [3.05, 3.63) is 33.9 Å². The lowest BCUT2D eigenvalue weighted by atomic mass is 10.1. The third-order valence-electron chi connectivity index (χ3n) is 2.09. The summed E-state index contributed by atoms with van der Waals surface area (Å²) in [4.78, 5) is 19.9. The summed E-state index contributed by atoms with van der Waals surface area (Å²) >= 11 is 0. The standard InChI is InChI=1S/C9H5F6N3O3/c10-8(11,12)4-1-2-5(6(3-4)18(20)21)16-17-7(19)9(13,14)15/h1-3,16H,(H,17,19). The predicted octanol–water partition coefficient (Wildman–Crippen LogP) is 2.62. The van der Waals surface area contributed by atoms with Gasteiger partial charge in [-0.1, -0.05) is 0 Å². The zero-order valence-corrected chi connectivity index (χ0v) is 9.67. The third kappa shape index (κ3) is 4.22. The van der Waals surface area contributed by atoms with Gasteiger partial charge in [0.2, 0.25) is 0 Å². The molecule has 0 aliphatic carbocycles. The van der Waals surface area contributed by atoms with Gasteiger partial charge in [-0.05, 0) is 12.1 Å². The smallest absolute Gasteiger partial charge is 0.292 e. The molecule has 1 rings (SSSR count). The summed E-state index contributed by atoms with van der Waals surface area (Å²) in [5.41, 5.74) is -0.593. The molecule has 6 nitrogen and oxygen atoms in total.